The summed E-state index contributed by atoms with van der Waals surface area (Å²) < 4.78 is 14.7. The molecule has 0 fully saturated rings. The van der Waals surface area contributed by atoms with E-state index in [9.17, 15) is 4.39 Å². The van der Waals surface area contributed by atoms with Crippen LogP contribution in [0.3, 0.4) is 0 Å². The molecule has 0 amide bonds. The van der Waals surface area contributed by atoms with Crippen molar-refractivity contribution in [2.24, 2.45) is 5.92 Å². The van der Waals surface area contributed by atoms with Gasteiger partial charge in [0.2, 0.25) is 0 Å². The maximum Gasteiger partial charge on any atom is 0.145 e. The summed E-state index contributed by atoms with van der Waals surface area (Å²) in [5.41, 5.74) is 5.14. The number of hydrogen-bond donors (Lipinski definition) is 0. The fraction of sp³-hybridized carbons (Fsp3) is 0.385. The van der Waals surface area contributed by atoms with Crippen molar-refractivity contribution in [3.05, 3.63) is 76.6 Å². The molecule has 1 aliphatic carbocycles. The molecule has 3 rings (SSSR count). The summed E-state index contributed by atoms with van der Waals surface area (Å²) in [5.74, 6) is 0.412. The first kappa shape index (κ1) is 20.9. The van der Waals surface area contributed by atoms with Gasteiger partial charge in [0.1, 0.15) is 5.82 Å². The van der Waals surface area contributed by atoms with Gasteiger partial charge in [0, 0.05) is 5.56 Å². The van der Waals surface area contributed by atoms with E-state index in [1.165, 1.54) is 17.6 Å². The van der Waals surface area contributed by atoms with Gasteiger partial charge >= 0.3 is 0 Å². The quantitative estimate of drug-likeness (QED) is 0.324. The van der Waals surface area contributed by atoms with Gasteiger partial charge < -0.3 is 0 Å². The molecule has 0 heterocycles. The molecule has 1 aliphatic rings. The highest BCUT2D eigenvalue weighted by molar-refractivity contribution is 6.33. The van der Waals surface area contributed by atoms with Crippen molar-refractivity contribution < 1.29 is 4.39 Å². The predicted octanol–water partition coefficient (Wildman–Crippen LogP) is 8.64. The summed E-state index contributed by atoms with van der Waals surface area (Å²) in [7, 11) is 0. The van der Waals surface area contributed by atoms with Gasteiger partial charge in [-0.25, -0.2) is 4.39 Å². The molecule has 2 aromatic carbocycles. The van der Waals surface area contributed by atoms with Crippen molar-refractivity contribution in [3.63, 3.8) is 0 Å². The van der Waals surface area contributed by atoms with E-state index in [2.05, 4.69) is 56.3 Å². The zero-order valence-electron chi connectivity index (χ0n) is 17.0. The van der Waals surface area contributed by atoms with Crippen LogP contribution in [0.4, 0.5) is 4.39 Å². The van der Waals surface area contributed by atoms with Crippen LogP contribution in [0.15, 0.2) is 54.6 Å². The van der Waals surface area contributed by atoms with Gasteiger partial charge in [-0.05, 0) is 67.2 Å². The minimum Gasteiger partial charge on any atom is -0.205 e. The van der Waals surface area contributed by atoms with Gasteiger partial charge in [0.15, 0.2) is 0 Å². The predicted molar refractivity (Wildman–Crippen MR) is 120 cm³/mol. The summed E-state index contributed by atoms with van der Waals surface area (Å²) in [6.07, 6.45) is 14.2. The van der Waals surface area contributed by atoms with E-state index < -0.39 is 0 Å². The topological polar surface area (TPSA) is 0 Å². The third-order valence-electron chi connectivity index (χ3n) is 5.69. The number of allylic oxidation sites excluding steroid dienone is 4. The summed E-state index contributed by atoms with van der Waals surface area (Å²) in [6, 6.07) is 12.3. The lowest BCUT2D eigenvalue weighted by molar-refractivity contribution is 0.591. The minimum absolute atomic E-state index is 0.243. The van der Waals surface area contributed by atoms with Gasteiger partial charge in [-0.1, -0.05) is 86.0 Å². The van der Waals surface area contributed by atoms with E-state index in [1.54, 1.807) is 0 Å². The Bertz CT molecular complexity index is 845. The number of halogens is 2. The van der Waals surface area contributed by atoms with Crippen molar-refractivity contribution in [1.82, 2.24) is 0 Å². The Morgan fingerprint density at radius 2 is 1.82 bits per heavy atom. The molecule has 0 spiro atoms. The second kappa shape index (κ2) is 10.1. The molecule has 1 unspecified atom stereocenters. The molecule has 0 nitrogen and oxygen atoms in total. The largest absolute Gasteiger partial charge is 0.205 e. The number of unbranched alkanes of at least 4 members (excludes halogenated alkanes) is 2. The van der Waals surface area contributed by atoms with Gasteiger partial charge in [-0.2, -0.15) is 0 Å². The monoisotopic (exact) mass is 396 g/mol. The van der Waals surface area contributed by atoms with Crippen molar-refractivity contribution in [1.29, 1.82) is 0 Å². The Labute approximate surface area is 174 Å². The first-order valence-corrected chi connectivity index (χ1v) is 10.9. The Morgan fingerprint density at radius 3 is 2.46 bits per heavy atom. The Morgan fingerprint density at radius 1 is 1.07 bits per heavy atom. The van der Waals surface area contributed by atoms with E-state index >= 15 is 0 Å². The highest BCUT2D eigenvalue weighted by atomic mass is 35.5. The molecule has 0 saturated carbocycles. The molecule has 1 atom stereocenters. The number of aryl methyl sites for hydroxylation is 1. The SMILES string of the molecule is C/C=C/C1CC=C(c2ccc(-c3ccc(CCCCC)c(F)c3Cl)cc2)CC1. The fourth-order valence-electron chi connectivity index (χ4n) is 4.00. The number of benzene rings is 2. The van der Waals surface area contributed by atoms with Crippen LogP contribution in [0.5, 0.6) is 0 Å². The molecular weight excluding hydrogens is 367 g/mol. The second-order valence-electron chi connectivity index (χ2n) is 7.72. The molecule has 0 aliphatic heterocycles. The van der Waals surface area contributed by atoms with E-state index in [4.69, 9.17) is 11.6 Å². The third-order valence-corrected chi connectivity index (χ3v) is 6.06. The van der Waals surface area contributed by atoms with Crippen LogP contribution in [-0.2, 0) is 6.42 Å². The van der Waals surface area contributed by atoms with Crippen molar-refractivity contribution in [3.8, 4) is 11.1 Å². The van der Waals surface area contributed by atoms with Crippen LogP contribution in [0.25, 0.3) is 16.7 Å². The van der Waals surface area contributed by atoms with Gasteiger partial charge in [-0.15, -0.1) is 0 Å². The van der Waals surface area contributed by atoms with Crippen LogP contribution in [-0.4, -0.2) is 0 Å². The average molecular weight is 397 g/mol. The van der Waals surface area contributed by atoms with Crippen LogP contribution < -0.4 is 0 Å². The molecule has 148 valence electrons. The van der Waals surface area contributed by atoms with Crippen LogP contribution in [0.2, 0.25) is 5.02 Å². The molecular formula is C26H30ClF. The van der Waals surface area contributed by atoms with Crippen molar-refractivity contribution in [2.45, 2.75) is 58.8 Å². The third kappa shape index (κ3) is 4.94. The van der Waals surface area contributed by atoms with Crippen LogP contribution >= 0.6 is 11.6 Å². The van der Waals surface area contributed by atoms with E-state index in [-0.39, 0.29) is 10.8 Å². The van der Waals surface area contributed by atoms with Crippen LogP contribution in [0.1, 0.15) is 63.5 Å². The Kier molecular flexibility index (Phi) is 7.50. The van der Waals surface area contributed by atoms with Crippen molar-refractivity contribution >= 4 is 17.2 Å². The van der Waals surface area contributed by atoms with Crippen LogP contribution in [0, 0.1) is 11.7 Å². The Balaban J connectivity index is 1.76. The van der Waals surface area contributed by atoms with Gasteiger partial charge in [0.25, 0.3) is 0 Å². The zero-order valence-corrected chi connectivity index (χ0v) is 17.7. The lowest BCUT2D eigenvalue weighted by Gasteiger charge is -2.19. The second-order valence-corrected chi connectivity index (χ2v) is 8.10. The molecule has 0 radical (unpaired) electrons. The van der Waals surface area contributed by atoms with E-state index in [1.807, 2.05) is 12.1 Å². The standard InChI is InChI=1S/C26H30ClF/c1-3-5-6-8-23-17-18-24(25(27)26(23)28)22-15-13-21(14-16-22)20-11-9-19(7-4-2)10-12-20/h4,7,11,13-19H,3,5-6,8-10,12H2,1-2H3/b7-4+. The van der Waals surface area contributed by atoms with E-state index in [0.717, 1.165) is 55.2 Å². The molecule has 28 heavy (non-hydrogen) atoms. The molecule has 0 aromatic heterocycles. The Hall–Kier alpha value is -1.86. The highest BCUT2D eigenvalue weighted by Crippen LogP contribution is 2.35. The molecule has 2 aromatic rings. The van der Waals surface area contributed by atoms with Gasteiger partial charge in [0.05, 0.1) is 5.02 Å². The molecule has 2 heteroatoms. The number of rotatable bonds is 7. The summed E-state index contributed by atoms with van der Waals surface area (Å²) in [4.78, 5) is 0. The highest BCUT2D eigenvalue weighted by Gasteiger charge is 2.15. The summed E-state index contributed by atoms with van der Waals surface area (Å²) in [5, 5.41) is 0.243. The maximum absolute atomic E-state index is 14.7. The number of hydrogen-bond acceptors (Lipinski definition) is 0. The zero-order chi connectivity index (χ0) is 19.9. The maximum atomic E-state index is 14.7. The lowest BCUT2D eigenvalue weighted by atomic mass is 9.86. The normalized spacial score (nSPS) is 17.1. The molecule has 0 N–H and O–H groups in total. The average Bonchev–Trinajstić information content (AvgIpc) is 2.72. The first-order valence-electron chi connectivity index (χ1n) is 10.5. The smallest absolute Gasteiger partial charge is 0.145 e. The fourth-order valence-corrected chi connectivity index (χ4v) is 4.29. The first-order chi connectivity index (χ1) is 13.6. The summed E-state index contributed by atoms with van der Waals surface area (Å²) in [6.45, 7) is 4.24. The molecule has 0 saturated heterocycles. The minimum atomic E-state index is -0.260. The van der Waals surface area contributed by atoms with Gasteiger partial charge in [-0.3, -0.25) is 0 Å². The van der Waals surface area contributed by atoms with E-state index in [0.29, 0.717) is 5.92 Å². The van der Waals surface area contributed by atoms with Crippen molar-refractivity contribution in [2.75, 3.05) is 0 Å². The lowest BCUT2D eigenvalue weighted by Crippen LogP contribution is -2.02. The molecule has 0 bridgehead atoms. The summed E-state index contributed by atoms with van der Waals surface area (Å²) >= 11 is 6.39.